The van der Waals surface area contributed by atoms with E-state index in [2.05, 4.69) is 4.98 Å². The van der Waals surface area contributed by atoms with Gasteiger partial charge in [-0.15, -0.1) is 11.3 Å². The van der Waals surface area contributed by atoms with Crippen molar-refractivity contribution in [2.75, 3.05) is 0 Å². The van der Waals surface area contributed by atoms with E-state index in [0.717, 1.165) is 6.08 Å². The van der Waals surface area contributed by atoms with Crippen LogP contribution >= 0.6 is 11.3 Å². The molecule has 3 nitrogen and oxygen atoms in total. The Morgan fingerprint density at radius 1 is 1.80 bits per heavy atom. The van der Waals surface area contributed by atoms with E-state index in [1.165, 1.54) is 17.4 Å². The second kappa shape index (κ2) is 3.12. The quantitative estimate of drug-likeness (QED) is 0.520. The van der Waals surface area contributed by atoms with Gasteiger partial charge in [0.05, 0.1) is 0 Å². The standard InChI is InChI=1S/C6H5NO2S/c8-6(9)2-1-5-7-3-4-10-5/h1-4H,(H,8,9)/b2-1+/i1+1,2+1,6+1. The summed E-state index contributed by atoms with van der Waals surface area (Å²) in [5, 5.41) is 10.7. The second-order valence-electron chi connectivity index (χ2n) is 1.54. The molecule has 1 rings (SSSR count). The Morgan fingerprint density at radius 3 is 3.10 bits per heavy atom. The molecule has 0 unspecified atom stereocenters. The summed E-state index contributed by atoms with van der Waals surface area (Å²) in [7, 11) is 0. The number of thiazole rings is 1. The SMILES string of the molecule is O=[13C](O)/[13CH]=[13CH]/c1nccs1. The highest BCUT2D eigenvalue weighted by Crippen LogP contribution is 2.04. The summed E-state index contributed by atoms with van der Waals surface area (Å²) in [5.74, 6) is -0.949. The Kier molecular flexibility index (Phi) is 2.17. The zero-order chi connectivity index (χ0) is 7.40. The average molecular weight is 158 g/mol. The van der Waals surface area contributed by atoms with Crippen LogP contribution in [-0.2, 0) is 4.79 Å². The van der Waals surface area contributed by atoms with E-state index in [1.54, 1.807) is 11.6 Å². The molecule has 0 saturated carbocycles. The highest BCUT2D eigenvalue weighted by atomic mass is 32.1. The number of carbonyl (C=O) groups is 1. The average Bonchev–Trinajstić information content (AvgIpc) is 2.34. The molecule has 52 valence electrons. The van der Waals surface area contributed by atoms with Crippen LogP contribution in [0, 0.1) is 0 Å². The first-order valence-corrected chi connectivity index (χ1v) is 3.47. The lowest BCUT2D eigenvalue weighted by molar-refractivity contribution is -0.131. The minimum Gasteiger partial charge on any atom is -0.478 e. The Balaban J connectivity index is 2.64. The zero-order valence-corrected chi connectivity index (χ0v) is 5.84. The first-order chi connectivity index (χ1) is 4.79. The summed E-state index contributed by atoms with van der Waals surface area (Å²) in [6, 6.07) is 0. The van der Waals surface area contributed by atoms with Gasteiger partial charge in [0, 0.05) is 17.7 Å². The van der Waals surface area contributed by atoms with Crippen LogP contribution in [0.3, 0.4) is 0 Å². The monoisotopic (exact) mass is 158 g/mol. The molecule has 0 fully saturated rings. The summed E-state index contributed by atoms with van der Waals surface area (Å²) < 4.78 is 0. The molecule has 0 radical (unpaired) electrons. The van der Waals surface area contributed by atoms with Crippen molar-refractivity contribution >= 4 is 23.4 Å². The molecule has 0 bridgehead atoms. The molecule has 0 aliphatic rings. The van der Waals surface area contributed by atoms with Crippen LogP contribution in [0.25, 0.3) is 6.08 Å². The number of rotatable bonds is 2. The maximum absolute atomic E-state index is 9.98. The molecular formula is C6H5NO2S. The van der Waals surface area contributed by atoms with Gasteiger partial charge in [-0.1, -0.05) is 0 Å². The third kappa shape index (κ3) is 1.99. The van der Waals surface area contributed by atoms with E-state index in [4.69, 9.17) is 5.11 Å². The minimum absolute atomic E-state index is 0.711. The van der Waals surface area contributed by atoms with E-state index >= 15 is 0 Å². The van der Waals surface area contributed by atoms with Gasteiger partial charge in [0.1, 0.15) is 5.01 Å². The first-order valence-electron chi connectivity index (χ1n) is 2.59. The van der Waals surface area contributed by atoms with Crippen molar-refractivity contribution < 1.29 is 9.90 Å². The lowest BCUT2D eigenvalue weighted by Gasteiger charge is -1.77. The normalized spacial score (nSPS) is 10.4. The fourth-order valence-corrected chi connectivity index (χ4v) is 0.989. The van der Waals surface area contributed by atoms with Crippen LogP contribution in [0.4, 0.5) is 0 Å². The van der Waals surface area contributed by atoms with Crippen molar-refractivity contribution in [2.45, 2.75) is 0 Å². The highest BCUT2D eigenvalue weighted by molar-refractivity contribution is 7.10. The summed E-state index contributed by atoms with van der Waals surface area (Å²) in [4.78, 5) is 13.8. The molecule has 0 aromatic carbocycles. The molecule has 0 aliphatic heterocycles. The van der Waals surface area contributed by atoms with Gasteiger partial charge in [-0.05, 0) is 6.08 Å². The van der Waals surface area contributed by atoms with Crippen molar-refractivity contribution in [3.63, 3.8) is 0 Å². The van der Waals surface area contributed by atoms with Crippen molar-refractivity contribution in [3.8, 4) is 0 Å². The fraction of sp³-hybridized carbons (Fsp3) is 0. The number of hydrogen-bond acceptors (Lipinski definition) is 3. The molecule has 1 heterocycles. The number of carboxylic acid groups (broad SMARTS) is 1. The van der Waals surface area contributed by atoms with Crippen LogP contribution in [0.1, 0.15) is 5.01 Å². The Labute approximate surface area is 61.7 Å². The molecule has 0 atom stereocenters. The van der Waals surface area contributed by atoms with Crippen LogP contribution in [0.2, 0.25) is 0 Å². The van der Waals surface area contributed by atoms with Gasteiger partial charge >= 0.3 is 5.97 Å². The molecule has 0 spiro atoms. The van der Waals surface area contributed by atoms with Crippen molar-refractivity contribution in [3.05, 3.63) is 22.7 Å². The molecule has 0 aliphatic carbocycles. The molecule has 0 amide bonds. The van der Waals surface area contributed by atoms with Gasteiger partial charge < -0.3 is 5.11 Å². The fourth-order valence-electron chi connectivity index (χ4n) is 0.459. The number of nitrogens with zero attached hydrogens (tertiary/aromatic N) is 1. The lowest BCUT2D eigenvalue weighted by atomic mass is 11.0. The minimum atomic E-state index is -0.949. The Bertz CT molecular complexity index is 240. The van der Waals surface area contributed by atoms with E-state index < -0.39 is 5.97 Å². The highest BCUT2D eigenvalue weighted by Gasteiger charge is 1.88. The summed E-state index contributed by atoms with van der Waals surface area (Å²) >= 11 is 1.40. The van der Waals surface area contributed by atoms with Crippen molar-refractivity contribution in [1.82, 2.24) is 4.98 Å². The third-order valence-corrected chi connectivity index (χ3v) is 1.56. The molecule has 4 heteroatoms. The van der Waals surface area contributed by atoms with E-state index in [9.17, 15) is 4.79 Å². The number of aromatic nitrogens is 1. The second-order valence-corrected chi connectivity index (χ2v) is 2.47. The molecular weight excluding hydrogens is 153 g/mol. The summed E-state index contributed by atoms with van der Waals surface area (Å²) in [5.41, 5.74) is 0. The molecule has 10 heavy (non-hydrogen) atoms. The predicted octanol–water partition coefficient (Wildman–Crippen LogP) is 1.24. The summed E-state index contributed by atoms with van der Waals surface area (Å²) in [6.07, 6.45) is 4.16. The lowest BCUT2D eigenvalue weighted by Crippen LogP contribution is -1.84. The van der Waals surface area contributed by atoms with Crippen LogP contribution in [0.15, 0.2) is 17.7 Å². The molecule has 1 aromatic heterocycles. The van der Waals surface area contributed by atoms with E-state index in [-0.39, 0.29) is 0 Å². The predicted molar refractivity (Wildman–Crippen MR) is 38.8 cm³/mol. The molecule has 1 N–H and O–H groups in total. The van der Waals surface area contributed by atoms with Crippen molar-refractivity contribution in [1.29, 1.82) is 0 Å². The van der Waals surface area contributed by atoms with Crippen LogP contribution < -0.4 is 0 Å². The van der Waals surface area contributed by atoms with E-state index in [0.29, 0.717) is 5.01 Å². The maximum Gasteiger partial charge on any atom is 0.328 e. The smallest absolute Gasteiger partial charge is 0.328 e. The summed E-state index contributed by atoms with van der Waals surface area (Å²) in [6.45, 7) is 0. The van der Waals surface area contributed by atoms with Gasteiger partial charge in [0.15, 0.2) is 0 Å². The number of hydrogen-bond donors (Lipinski definition) is 1. The topological polar surface area (TPSA) is 50.2 Å². The number of aliphatic carboxylic acids is 1. The number of carboxylic acids is 1. The maximum atomic E-state index is 9.98. The van der Waals surface area contributed by atoms with Gasteiger partial charge in [0.25, 0.3) is 0 Å². The van der Waals surface area contributed by atoms with Crippen LogP contribution in [-0.4, -0.2) is 16.1 Å². The van der Waals surface area contributed by atoms with Gasteiger partial charge in [-0.3, -0.25) is 0 Å². The zero-order valence-electron chi connectivity index (χ0n) is 5.02. The molecule has 1 aromatic rings. The van der Waals surface area contributed by atoms with Gasteiger partial charge in [-0.25, -0.2) is 9.78 Å². The van der Waals surface area contributed by atoms with Crippen LogP contribution in [0.5, 0.6) is 0 Å². The Hall–Kier alpha value is -1.16. The third-order valence-electron chi connectivity index (χ3n) is 0.820. The van der Waals surface area contributed by atoms with Gasteiger partial charge in [-0.2, -0.15) is 0 Å². The van der Waals surface area contributed by atoms with E-state index in [1.807, 2.05) is 0 Å². The largest absolute Gasteiger partial charge is 0.478 e. The Morgan fingerprint density at radius 2 is 2.60 bits per heavy atom. The first kappa shape index (κ1) is 6.95. The van der Waals surface area contributed by atoms with Crippen molar-refractivity contribution in [2.24, 2.45) is 0 Å². The molecule has 0 saturated heterocycles. The van der Waals surface area contributed by atoms with Gasteiger partial charge in [0.2, 0.25) is 0 Å².